The van der Waals surface area contributed by atoms with Gasteiger partial charge in [-0.25, -0.2) is 8.42 Å². The van der Waals surface area contributed by atoms with Crippen LogP contribution in [0.4, 0.5) is 0 Å². The van der Waals surface area contributed by atoms with Gasteiger partial charge in [0, 0.05) is 30.7 Å². The lowest BCUT2D eigenvalue weighted by Crippen LogP contribution is -2.52. The monoisotopic (exact) mass is 469 g/mol. The molecular weight excluding hydrogens is 434 g/mol. The van der Waals surface area contributed by atoms with Gasteiger partial charge in [-0.15, -0.1) is 0 Å². The molecule has 1 fully saturated rings. The fourth-order valence-corrected chi connectivity index (χ4v) is 6.54. The third-order valence-electron chi connectivity index (χ3n) is 7.41. The normalized spacial score (nSPS) is 19.0. The third-order valence-corrected chi connectivity index (χ3v) is 9.27. The molecule has 0 atom stereocenters. The van der Waals surface area contributed by atoms with Gasteiger partial charge in [-0.3, -0.25) is 4.79 Å². The zero-order valence-corrected chi connectivity index (χ0v) is 20.5. The second kappa shape index (κ2) is 9.95. The summed E-state index contributed by atoms with van der Waals surface area (Å²) < 4.78 is 27.9. The Bertz CT molecular complexity index is 1070. The maximum Gasteiger partial charge on any atom is 0.251 e. The molecular formula is C26H35N3O3S. The van der Waals surface area contributed by atoms with Crippen molar-refractivity contribution in [3.8, 4) is 0 Å². The highest BCUT2D eigenvalue weighted by molar-refractivity contribution is 7.89. The summed E-state index contributed by atoms with van der Waals surface area (Å²) in [7, 11) is 0.580. The predicted molar refractivity (Wildman–Crippen MR) is 131 cm³/mol. The van der Waals surface area contributed by atoms with Gasteiger partial charge in [0.1, 0.15) is 0 Å². The number of nitrogens with one attached hydrogen (secondary N) is 1. The van der Waals surface area contributed by atoms with E-state index in [0.29, 0.717) is 31.6 Å². The lowest BCUT2D eigenvalue weighted by atomic mass is 9.88. The van der Waals surface area contributed by atoms with Gasteiger partial charge in [0.05, 0.1) is 4.90 Å². The molecule has 0 aromatic heterocycles. The van der Waals surface area contributed by atoms with Crippen molar-refractivity contribution >= 4 is 15.9 Å². The molecule has 1 aliphatic heterocycles. The number of rotatable bonds is 6. The van der Waals surface area contributed by atoms with Crippen molar-refractivity contribution in [1.29, 1.82) is 0 Å². The highest BCUT2D eigenvalue weighted by atomic mass is 32.2. The van der Waals surface area contributed by atoms with Crippen LogP contribution < -0.4 is 5.32 Å². The van der Waals surface area contributed by atoms with E-state index in [2.05, 4.69) is 30.4 Å². The van der Waals surface area contributed by atoms with Crippen LogP contribution in [0.3, 0.4) is 0 Å². The fourth-order valence-electron chi connectivity index (χ4n) is 5.12. The number of benzene rings is 2. The van der Waals surface area contributed by atoms with Gasteiger partial charge in [0.25, 0.3) is 5.91 Å². The van der Waals surface area contributed by atoms with E-state index in [9.17, 15) is 13.2 Å². The van der Waals surface area contributed by atoms with E-state index >= 15 is 0 Å². The average Bonchev–Trinajstić information content (AvgIpc) is 3.09. The molecule has 0 radical (unpaired) electrons. The second-order valence-electron chi connectivity index (χ2n) is 9.60. The molecule has 1 saturated carbocycles. The fraction of sp³-hybridized carbons (Fsp3) is 0.500. The summed E-state index contributed by atoms with van der Waals surface area (Å²) >= 11 is 0. The molecule has 1 amide bonds. The third kappa shape index (κ3) is 5.15. The van der Waals surface area contributed by atoms with Crippen molar-refractivity contribution in [2.24, 2.45) is 0 Å². The Morgan fingerprint density at radius 3 is 2.24 bits per heavy atom. The van der Waals surface area contributed by atoms with Crippen molar-refractivity contribution in [3.05, 3.63) is 65.2 Å². The number of carbonyl (C=O) groups is 1. The maximum absolute atomic E-state index is 13.2. The number of hydrogen-bond acceptors (Lipinski definition) is 4. The molecule has 0 unspecified atom stereocenters. The number of sulfonamides is 1. The van der Waals surface area contributed by atoms with Crippen LogP contribution in [0.2, 0.25) is 0 Å². The Labute approximate surface area is 198 Å². The SMILES string of the molecule is CN(C)C1(CNC(=O)c2ccc(S(=O)(=O)N3CCc4ccccc4C3)cc2)CCCCCC1. The molecule has 2 aliphatic rings. The van der Waals surface area contributed by atoms with Gasteiger partial charge >= 0.3 is 0 Å². The first-order chi connectivity index (χ1) is 15.8. The number of nitrogens with zero attached hydrogens (tertiary/aromatic N) is 2. The van der Waals surface area contributed by atoms with Gasteiger partial charge in [-0.2, -0.15) is 4.31 Å². The van der Waals surface area contributed by atoms with Crippen LogP contribution in [0, 0.1) is 0 Å². The molecule has 33 heavy (non-hydrogen) atoms. The first-order valence-electron chi connectivity index (χ1n) is 11.9. The quantitative estimate of drug-likeness (QED) is 0.653. The number of amides is 1. The zero-order valence-electron chi connectivity index (χ0n) is 19.7. The molecule has 1 heterocycles. The molecule has 2 aromatic rings. The Hall–Kier alpha value is -2.22. The average molecular weight is 470 g/mol. The summed E-state index contributed by atoms with van der Waals surface area (Å²) in [4.78, 5) is 15.3. The molecule has 178 valence electrons. The van der Waals surface area contributed by atoms with E-state index in [-0.39, 0.29) is 16.3 Å². The topological polar surface area (TPSA) is 69.7 Å². The smallest absolute Gasteiger partial charge is 0.251 e. The lowest BCUT2D eigenvalue weighted by Gasteiger charge is -2.39. The van der Waals surface area contributed by atoms with E-state index < -0.39 is 10.0 Å². The minimum absolute atomic E-state index is 0.0139. The van der Waals surface area contributed by atoms with Crippen LogP contribution in [0.15, 0.2) is 53.4 Å². The van der Waals surface area contributed by atoms with Crippen molar-refractivity contribution in [3.63, 3.8) is 0 Å². The minimum Gasteiger partial charge on any atom is -0.350 e. The Kier molecular flexibility index (Phi) is 7.22. The van der Waals surface area contributed by atoms with Gasteiger partial charge in [-0.05, 0) is 68.8 Å². The van der Waals surface area contributed by atoms with Crippen molar-refractivity contribution in [2.75, 3.05) is 27.2 Å². The second-order valence-corrected chi connectivity index (χ2v) is 11.5. The number of likely N-dealkylation sites (N-methyl/N-ethyl adjacent to an activating group) is 1. The highest BCUT2D eigenvalue weighted by Gasteiger charge is 2.33. The Morgan fingerprint density at radius 1 is 0.970 bits per heavy atom. The number of fused-ring (bicyclic) bond motifs is 1. The van der Waals surface area contributed by atoms with Crippen LogP contribution in [-0.2, 0) is 23.0 Å². The highest BCUT2D eigenvalue weighted by Crippen LogP contribution is 2.31. The van der Waals surface area contributed by atoms with Crippen molar-refractivity contribution < 1.29 is 13.2 Å². The van der Waals surface area contributed by atoms with Crippen LogP contribution in [0.25, 0.3) is 0 Å². The van der Waals surface area contributed by atoms with Crippen molar-refractivity contribution in [2.45, 2.75) is 61.9 Å². The number of hydrogen-bond donors (Lipinski definition) is 1. The van der Waals surface area contributed by atoms with Gasteiger partial charge in [0.15, 0.2) is 0 Å². The molecule has 0 spiro atoms. The van der Waals surface area contributed by atoms with Gasteiger partial charge in [0.2, 0.25) is 10.0 Å². The first-order valence-corrected chi connectivity index (χ1v) is 13.4. The summed E-state index contributed by atoms with van der Waals surface area (Å²) in [5.74, 6) is -0.156. The standard InChI is InChI=1S/C26H35N3O3S/c1-28(2)26(16-7-3-4-8-17-26)20-27-25(30)22-11-13-24(14-12-22)33(31,32)29-18-15-21-9-5-6-10-23(21)19-29/h5-6,9-14H,3-4,7-8,15-20H2,1-2H3,(H,27,30). The van der Waals surface area contributed by atoms with Gasteiger partial charge in [-0.1, -0.05) is 49.9 Å². The molecule has 7 heteroatoms. The molecule has 0 bridgehead atoms. The van der Waals surface area contributed by atoms with E-state index in [0.717, 1.165) is 18.4 Å². The van der Waals surface area contributed by atoms with E-state index in [1.165, 1.54) is 35.6 Å². The molecule has 1 N–H and O–H groups in total. The van der Waals surface area contributed by atoms with Crippen LogP contribution >= 0.6 is 0 Å². The predicted octanol–water partition coefficient (Wildman–Crippen LogP) is 3.82. The summed E-state index contributed by atoms with van der Waals surface area (Å²) in [5, 5.41) is 3.11. The first kappa shape index (κ1) is 23.9. The molecule has 0 saturated heterocycles. The summed E-state index contributed by atoms with van der Waals surface area (Å²) in [6.45, 7) is 1.45. The van der Waals surface area contributed by atoms with E-state index in [1.807, 2.05) is 18.2 Å². The van der Waals surface area contributed by atoms with Gasteiger partial charge < -0.3 is 10.2 Å². The Morgan fingerprint density at radius 2 is 1.61 bits per heavy atom. The van der Waals surface area contributed by atoms with E-state index in [1.54, 1.807) is 24.3 Å². The largest absolute Gasteiger partial charge is 0.350 e. The molecule has 2 aromatic carbocycles. The van der Waals surface area contributed by atoms with Crippen LogP contribution in [0.1, 0.15) is 60.0 Å². The maximum atomic E-state index is 13.2. The van der Waals surface area contributed by atoms with E-state index in [4.69, 9.17) is 0 Å². The molecule has 4 rings (SSSR count). The molecule has 1 aliphatic carbocycles. The Balaban J connectivity index is 1.43. The summed E-state index contributed by atoms with van der Waals surface area (Å²) in [6, 6.07) is 14.3. The zero-order chi connectivity index (χ0) is 23.5. The van der Waals surface area contributed by atoms with Crippen molar-refractivity contribution in [1.82, 2.24) is 14.5 Å². The lowest BCUT2D eigenvalue weighted by molar-refractivity contribution is 0.0869. The summed E-state index contributed by atoms with van der Waals surface area (Å²) in [6.07, 6.45) is 7.74. The minimum atomic E-state index is -3.61. The molecule has 6 nitrogen and oxygen atoms in total. The summed E-state index contributed by atoms with van der Waals surface area (Å²) in [5.41, 5.74) is 2.73. The number of carbonyl (C=O) groups excluding carboxylic acids is 1. The van der Waals surface area contributed by atoms with Crippen LogP contribution in [0.5, 0.6) is 0 Å². The van der Waals surface area contributed by atoms with Crippen LogP contribution in [-0.4, -0.2) is 56.3 Å².